The maximum absolute atomic E-state index is 12.4. The molecular formula is C14H21N3O2. The molecule has 19 heavy (non-hydrogen) atoms. The van der Waals surface area contributed by atoms with Gasteiger partial charge in [0.05, 0.1) is 0 Å². The number of hydrogen-bond acceptors (Lipinski definition) is 4. The van der Waals surface area contributed by atoms with Crippen LogP contribution in [-0.4, -0.2) is 27.5 Å². The summed E-state index contributed by atoms with van der Waals surface area (Å²) in [5.74, 6) is 2.11. The normalized spacial score (nSPS) is 23.9. The Kier molecular flexibility index (Phi) is 2.87. The molecule has 2 fully saturated rings. The van der Waals surface area contributed by atoms with Gasteiger partial charge >= 0.3 is 0 Å². The van der Waals surface area contributed by atoms with E-state index in [2.05, 4.69) is 10.1 Å². The average molecular weight is 263 g/mol. The van der Waals surface area contributed by atoms with E-state index in [0.29, 0.717) is 11.8 Å². The van der Waals surface area contributed by atoms with E-state index in [1.165, 1.54) is 0 Å². The molecule has 2 aliphatic rings. The second-order valence-electron chi connectivity index (χ2n) is 6.67. The zero-order chi connectivity index (χ0) is 13.6. The van der Waals surface area contributed by atoms with Gasteiger partial charge in [-0.05, 0) is 25.7 Å². The van der Waals surface area contributed by atoms with Crippen molar-refractivity contribution in [1.29, 1.82) is 0 Å². The fourth-order valence-electron chi connectivity index (χ4n) is 2.59. The van der Waals surface area contributed by atoms with Gasteiger partial charge in [-0.2, -0.15) is 4.98 Å². The lowest BCUT2D eigenvalue weighted by atomic mass is 9.94. The lowest BCUT2D eigenvalue weighted by Gasteiger charge is -2.29. The quantitative estimate of drug-likeness (QED) is 0.823. The van der Waals surface area contributed by atoms with Crippen molar-refractivity contribution >= 4 is 5.91 Å². The van der Waals surface area contributed by atoms with Crippen LogP contribution >= 0.6 is 0 Å². The van der Waals surface area contributed by atoms with Gasteiger partial charge in [0.1, 0.15) is 6.04 Å². The molecule has 104 valence electrons. The summed E-state index contributed by atoms with van der Waals surface area (Å²) in [6.07, 6.45) is 4.25. The van der Waals surface area contributed by atoms with Crippen LogP contribution in [0.1, 0.15) is 70.1 Å². The number of likely N-dealkylation sites (tertiary alicyclic amines) is 1. The highest BCUT2D eigenvalue weighted by Crippen LogP contribution is 2.40. The van der Waals surface area contributed by atoms with E-state index in [1.807, 2.05) is 25.7 Å². The highest BCUT2D eigenvalue weighted by Gasteiger charge is 2.39. The van der Waals surface area contributed by atoms with Gasteiger partial charge in [-0.1, -0.05) is 25.9 Å². The molecule has 0 spiro atoms. The van der Waals surface area contributed by atoms with Gasteiger partial charge in [0.25, 0.3) is 0 Å². The van der Waals surface area contributed by atoms with Crippen LogP contribution in [0.3, 0.4) is 0 Å². The van der Waals surface area contributed by atoms with E-state index in [9.17, 15) is 4.79 Å². The van der Waals surface area contributed by atoms with Crippen LogP contribution in [0.2, 0.25) is 0 Å². The third-order valence-electron chi connectivity index (χ3n) is 3.84. The monoisotopic (exact) mass is 263 g/mol. The van der Waals surface area contributed by atoms with Crippen molar-refractivity contribution in [2.45, 2.75) is 58.4 Å². The standard InChI is InChI=1S/C14H21N3O2/c1-14(2,3)13(18)17-8-4-5-10(17)12-15-11(16-19-12)9-6-7-9/h9-10H,4-8H2,1-3H3. The smallest absolute Gasteiger partial charge is 0.249 e. The van der Waals surface area contributed by atoms with Crippen LogP contribution in [0.4, 0.5) is 0 Å². The first kappa shape index (κ1) is 12.6. The maximum atomic E-state index is 12.4. The number of rotatable bonds is 2. The Hall–Kier alpha value is -1.39. The molecule has 0 bridgehead atoms. The molecule has 1 aliphatic heterocycles. The minimum Gasteiger partial charge on any atom is -0.337 e. The van der Waals surface area contributed by atoms with Crippen molar-refractivity contribution in [2.24, 2.45) is 5.41 Å². The SMILES string of the molecule is CC(C)(C)C(=O)N1CCCC1c1nc(C2CC2)no1. The van der Waals surface area contributed by atoms with E-state index in [-0.39, 0.29) is 17.4 Å². The van der Waals surface area contributed by atoms with Crippen molar-refractivity contribution < 1.29 is 9.32 Å². The molecule has 1 saturated carbocycles. The summed E-state index contributed by atoms with van der Waals surface area (Å²) in [6, 6.07) is -0.0216. The van der Waals surface area contributed by atoms with Crippen LogP contribution in [0.15, 0.2) is 4.52 Å². The summed E-state index contributed by atoms with van der Waals surface area (Å²) >= 11 is 0. The molecule has 0 aromatic carbocycles. The Morgan fingerprint density at radius 2 is 2.05 bits per heavy atom. The molecule has 2 heterocycles. The Morgan fingerprint density at radius 1 is 1.32 bits per heavy atom. The Morgan fingerprint density at radius 3 is 2.68 bits per heavy atom. The second-order valence-corrected chi connectivity index (χ2v) is 6.67. The van der Waals surface area contributed by atoms with Crippen LogP contribution < -0.4 is 0 Å². The van der Waals surface area contributed by atoms with Gasteiger partial charge in [-0.25, -0.2) is 0 Å². The number of carbonyl (C=O) groups is 1. The summed E-state index contributed by atoms with van der Waals surface area (Å²) in [5, 5.41) is 4.05. The van der Waals surface area contributed by atoms with Gasteiger partial charge in [-0.15, -0.1) is 0 Å². The van der Waals surface area contributed by atoms with E-state index in [4.69, 9.17) is 4.52 Å². The molecule has 5 nitrogen and oxygen atoms in total. The lowest BCUT2D eigenvalue weighted by molar-refractivity contribution is -0.140. The number of hydrogen-bond donors (Lipinski definition) is 0. The van der Waals surface area contributed by atoms with Crippen molar-refractivity contribution in [2.75, 3.05) is 6.54 Å². The lowest BCUT2D eigenvalue weighted by Crippen LogP contribution is -2.39. The third-order valence-corrected chi connectivity index (χ3v) is 3.84. The Labute approximate surface area is 113 Å². The first-order chi connectivity index (χ1) is 8.97. The van der Waals surface area contributed by atoms with E-state index >= 15 is 0 Å². The molecule has 1 aliphatic carbocycles. The molecule has 1 aromatic rings. The topological polar surface area (TPSA) is 59.2 Å². The number of amides is 1. The first-order valence-corrected chi connectivity index (χ1v) is 7.11. The summed E-state index contributed by atoms with van der Waals surface area (Å²) in [4.78, 5) is 18.8. The molecule has 0 N–H and O–H groups in total. The highest BCUT2D eigenvalue weighted by molar-refractivity contribution is 5.82. The van der Waals surface area contributed by atoms with Gasteiger partial charge in [0.2, 0.25) is 11.8 Å². The molecule has 0 radical (unpaired) electrons. The molecule has 1 saturated heterocycles. The third kappa shape index (κ3) is 2.38. The van der Waals surface area contributed by atoms with E-state index in [0.717, 1.165) is 38.1 Å². The summed E-state index contributed by atoms with van der Waals surface area (Å²) in [5.41, 5.74) is -0.359. The predicted molar refractivity (Wildman–Crippen MR) is 69.4 cm³/mol. The van der Waals surface area contributed by atoms with E-state index in [1.54, 1.807) is 0 Å². The van der Waals surface area contributed by atoms with Gasteiger partial charge in [-0.3, -0.25) is 4.79 Å². The van der Waals surface area contributed by atoms with Gasteiger partial charge in [0.15, 0.2) is 5.82 Å². The molecule has 1 atom stereocenters. The summed E-state index contributed by atoms with van der Waals surface area (Å²) < 4.78 is 5.39. The summed E-state index contributed by atoms with van der Waals surface area (Å²) in [6.45, 7) is 6.65. The molecule has 1 amide bonds. The Balaban J connectivity index is 1.80. The number of nitrogens with zero attached hydrogens (tertiary/aromatic N) is 3. The minimum atomic E-state index is -0.359. The fourth-order valence-corrected chi connectivity index (χ4v) is 2.59. The first-order valence-electron chi connectivity index (χ1n) is 7.11. The molecular weight excluding hydrogens is 242 g/mol. The number of carbonyl (C=O) groups excluding carboxylic acids is 1. The fraction of sp³-hybridized carbons (Fsp3) is 0.786. The highest BCUT2D eigenvalue weighted by atomic mass is 16.5. The van der Waals surface area contributed by atoms with Gasteiger partial charge in [0, 0.05) is 17.9 Å². The molecule has 5 heteroatoms. The van der Waals surface area contributed by atoms with Crippen molar-refractivity contribution in [3.05, 3.63) is 11.7 Å². The summed E-state index contributed by atoms with van der Waals surface area (Å²) in [7, 11) is 0. The Bertz CT molecular complexity index is 485. The van der Waals surface area contributed by atoms with Crippen LogP contribution in [0.25, 0.3) is 0 Å². The van der Waals surface area contributed by atoms with Crippen LogP contribution in [0, 0.1) is 5.41 Å². The predicted octanol–water partition coefficient (Wildman–Crippen LogP) is 2.66. The average Bonchev–Trinajstić information content (AvgIpc) is 2.91. The second kappa shape index (κ2) is 4.32. The van der Waals surface area contributed by atoms with Crippen LogP contribution in [-0.2, 0) is 4.79 Å². The maximum Gasteiger partial charge on any atom is 0.249 e. The minimum absolute atomic E-state index is 0.0216. The molecule has 3 rings (SSSR count). The largest absolute Gasteiger partial charge is 0.337 e. The molecule has 1 unspecified atom stereocenters. The zero-order valence-electron chi connectivity index (χ0n) is 11.8. The van der Waals surface area contributed by atoms with Crippen molar-refractivity contribution in [3.63, 3.8) is 0 Å². The van der Waals surface area contributed by atoms with Gasteiger partial charge < -0.3 is 9.42 Å². The number of aromatic nitrogens is 2. The van der Waals surface area contributed by atoms with Crippen molar-refractivity contribution in [1.82, 2.24) is 15.0 Å². The zero-order valence-corrected chi connectivity index (χ0v) is 11.8. The van der Waals surface area contributed by atoms with Crippen LogP contribution in [0.5, 0.6) is 0 Å². The van der Waals surface area contributed by atoms with Crippen molar-refractivity contribution in [3.8, 4) is 0 Å². The van der Waals surface area contributed by atoms with E-state index < -0.39 is 0 Å². The molecule has 1 aromatic heterocycles.